The van der Waals surface area contributed by atoms with Crippen LogP contribution in [0, 0.1) is 5.92 Å². The Labute approximate surface area is 118 Å². The van der Waals surface area contributed by atoms with Crippen molar-refractivity contribution < 1.29 is 9.59 Å². The highest BCUT2D eigenvalue weighted by Crippen LogP contribution is 2.18. The predicted molar refractivity (Wildman–Crippen MR) is 78.0 cm³/mol. The van der Waals surface area contributed by atoms with Gasteiger partial charge in [0.1, 0.15) is 0 Å². The zero-order valence-electron chi connectivity index (χ0n) is 11.3. The number of hydrogen-bond acceptors (Lipinski definition) is 2. The van der Waals surface area contributed by atoms with Crippen LogP contribution in [-0.2, 0) is 11.3 Å². The number of rotatable bonds is 4. The zero-order valence-corrected chi connectivity index (χ0v) is 11.3. The van der Waals surface area contributed by atoms with Gasteiger partial charge in [-0.05, 0) is 37.0 Å². The van der Waals surface area contributed by atoms with Crippen molar-refractivity contribution in [3.63, 3.8) is 0 Å². The van der Waals surface area contributed by atoms with Gasteiger partial charge in [-0.2, -0.15) is 0 Å². The summed E-state index contributed by atoms with van der Waals surface area (Å²) in [5.41, 5.74) is 6.66. The van der Waals surface area contributed by atoms with Gasteiger partial charge in [0.05, 0.1) is 0 Å². The molecule has 0 saturated heterocycles. The van der Waals surface area contributed by atoms with Gasteiger partial charge >= 0.3 is 6.03 Å². The number of amides is 3. The molecule has 0 heterocycles. The fourth-order valence-corrected chi connectivity index (χ4v) is 2.21. The maximum absolute atomic E-state index is 12.0. The molecule has 20 heavy (non-hydrogen) atoms. The summed E-state index contributed by atoms with van der Waals surface area (Å²) in [5.74, 6) is 0.199. The Hall–Kier alpha value is -2.30. The first-order chi connectivity index (χ1) is 9.65. The van der Waals surface area contributed by atoms with Crippen LogP contribution in [0.3, 0.4) is 0 Å². The van der Waals surface area contributed by atoms with Gasteiger partial charge in [-0.25, -0.2) is 4.79 Å². The van der Waals surface area contributed by atoms with Crippen LogP contribution in [0.15, 0.2) is 36.4 Å². The van der Waals surface area contributed by atoms with Crippen LogP contribution in [0.1, 0.15) is 24.8 Å². The Morgan fingerprint density at radius 1 is 1.20 bits per heavy atom. The third kappa shape index (κ3) is 4.12. The SMILES string of the molecule is NC(=O)Nc1ccc(CNC(=O)C2CC=CCC2)cc1. The molecular weight excluding hydrogens is 254 g/mol. The van der Waals surface area contributed by atoms with Crippen molar-refractivity contribution in [1.29, 1.82) is 0 Å². The standard InChI is InChI=1S/C15H19N3O2/c16-15(20)18-13-8-6-11(7-9-13)10-17-14(19)12-4-2-1-3-5-12/h1-2,6-9,12H,3-5,10H2,(H,17,19)(H3,16,18,20). The van der Waals surface area contributed by atoms with E-state index in [9.17, 15) is 9.59 Å². The van der Waals surface area contributed by atoms with E-state index in [1.165, 1.54) is 0 Å². The molecule has 1 aromatic rings. The molecule has 1 aromatic carbocycles. The number of nitrogens with two attached hydrogens (primary N) is 1. The van der Waals surface area contributed by atoms with Crippen molar-refractivity contribution in [2.45, 2.75) is 25.8 Å². The molecule has 0 spiro atoms. The number of anilines is 1. The molecule has 0 bridgehead atoms. The topological polar surface area (TPSA) is 84.2 Å². The lowest BCUT2D eigenvalue weighted by Gasteiger charge is -2.17. The summed E-state index contributed by atoms with van der Waals surface area (Å²) in [4.78, 5) is 22.7. The van der Waals surface area contributed by atoms with Crippen molar-refractivity contribution in [3.05, 3.63) is 42.0 Å². The van der Waals surface area contributed by atoms with Crippen molar-refractivity contribution in [2.24, 2.45) is 11.7 Å². The Bertz CT molecular complexity index is 508. The summed E-state index contributed by atoms with van der Waals surface area (Å²) < 4.78 is 0. The summed E-state index contributed by atoms with van der Waals surface area (Å²) in [7, 11) is 0. The molecule has 3 amide bonds. The lowest BCUT2D eigenvalue weighted by molar-refractivity contribution is -0.125. The number of allylic oxidation sites excluding steroid dienone is 2. The Kier molecular flexibility index (Phi) is 4.76. The third-order valence-electron chi connectivity index (χ3n) is 3.33. The number of nitrogens with one attached hydrogen (secondary N) is 2. The monoisotopic (exact) mass is 273 g/mol. The van der Waals surface area contributed by atoms with E-state index in [4.69, 9.17) is 5.73 Å². The van der Waals surface area contributed by atoms with Gasteiger partial charge in [0.25, 0.3) is 0 Å². The molecule has 5 heteroatoms. The third-order valence-corrected chi connectivity index (χ3v) is 3.33. The van der Waals surface area contributed by atoms with E-state index < -0.39 is 6.03 Å². The van der Waals surface area contributed by atoms with Gasteiger partial charge in [-0.3, -0.25) is 4.79 Å². The molecule has 1 atom stereocenters. The molecule has 0 fully saturated rings. The molecular formula is C15H19N3O2. The van der Waals surface area contributed by atoms with E-state index in [1.54, 1.807) is 12.1 Å². The summed E-state index contributed by atoms with van der Waals surface area (Å²) in [6.45, 7) is 0.496. The molecule has 1 aliphatic carbocycles. The molecule has 0 radical (unpaired) electrons. The van der Waals surface area contributed by atoms with E-state index in [-0.39, 0.29) is 11.8 Å². The van der Waals surface area contributed by atoms with E-state index in [2.05, 4.69) is 22.8 Å². The van der Waals surface area contributed by atoms with Crippen molar-refractivity contribution in [3.8, 4) is 0 Å². The summed E-state index contributed by atoms with van der Waals surface area (Å²) >= 11 is 0. The molecule has 106 valence electrons. The first-order valence-corrected chi connectivity index (χ1v) is 6.73. The molecule has 0 aromatic heterocycles. The van der Waals surface area contributed by atoms with Gasteiger partial charge in [-0.15, -0.1) is 0 Å². The highest BCUT2D eigenvalue weighted by molar-refractivity contribution is 5.87. The van der Waals surface area contributed by atoms with Gasteiger partial charge in [0.2, 0.25) is 5.91 Å². The lowest BCUT2D eigenvalue weighted by Crippen LogP contribution is -2.30. The largest absolute Gasteiger partial charge is 0.352 e. The predicted octanol–water partition coefficient (Wildman–Crippen LogP) is 2.15. The quantitative estimate of drug-likeness (QED) is 0.734. The van der Waals surface area contributed by atoms with E-state index >= 15 is 0 Å². The summed E-state index contributed by atoms with van der Waals surface area (Å²) in [6, 6.07) is 6.64. The minimum absolute atomic E-state index is 0.0933. The van der Waals surface area contributed by atoms with Crippen LogP contribution in [0.2, 0.25) is 0 Å². The first kappa shape index (κ1) is 14.1. The van der Waals surface area contributed by atoms with Crippen LogP contribution in [0.5, 0.6) is 0 Å². The number of carbonyl (C=O) groups is 2. The molecule has 1 unspecified atom stereocenters. The van der Waals surface area contributed by atoms with Crippen molar-refractivity contribution in [1.82, 2.24) is 5.32 Å². The molecule has 1 aliphatic rings. The van der Waals surface area contributed by atoms with E-state index in [0.717, 1.165) is 24.8 Å². The number of hydrogen-bond donors (Lipinski definition) is 3. The van der Waals surface area contributed by atoms with Gasteiger partial charge in [-0.1, -0.05) is 24.3 Å². The maximum Gasteiger partial charge on any atom is 0.316 e. The summed E-state index contributed by atoms with van der Waals surface area (Å²) in [5, 5.41) is 5.44. The van der Waals surface area contributed by atoms with Gasteiger partial charge in [0.15, 0.2) is 0 Å². The fraction of sp³-hybridized carbons (Fsp3) is 0.333. The second-order valence-corrected chi connectivity index (χ2v) is 4.89. The van der Waals surface area contributed by atoms with Crippen molar-refractivity contribution >= 4 is 17.6 Å². The number of benzene rings is 1. The van der Waals surface area contributed by atoms with E-state index in [1.807, 2.05) is 12.1 Å². The highest BCUT2D eigenvalue weighted by atomic mass is 16.2. The smallest absolute Gasteiger partial charge is 0.316 e. The van der Waals surface area contributed by atoms with Gasteiger partial charge < -0.3 is 16.4 Å². The zero-order chi connectivity index (χ0) is 14.4. The van der Waals surface area contributed by atoms with E-state index in [0.29, 0.717) is 12.2 Å². The number of primary amides is 1. The Balaban J connectivity index is 1.82. The first-order valence-electron chi connectivity index (χ1n) is 6.73. The number of urea groups is 1. The molecule has 0 saturated carbocycles. The van der Waals surface area contributed by atoms with Gasteiger partial charge in [0, 0.05) is 18.2 Å². The second kappa shape index (κ2) is 6.75. The lowest BCUT2D eigenvalue weighted by atomic mass is 9.93. The minimum atomic E-state index is -0.587. The normalized spacial score (nSPS) is 17.5. The van der Waals surface area contributed by atoms with Crippen LogP contribution >= 0.6 is 0 Å². The second-order valence-electron chi connectivity index (χ2n) is 4.89. The highest BCUT2D eigenvalue weighted by Gasteiger charge is 2.17. The molecule has 5 nitrogen and oxygen atoms in total. The average Bonchev–Trinajstić information content (AvgIpc) is 2.46. The Morgan fingerprint density at radius 2 is 1.95 bits per heavy atom. The average molecular weight is 273 g/mol. The molecule has 4 N–H and O–H groups in total. The summed E-state index contributed by atoms with van der Waals surface area (Å²) in [6.07, 6.45) is 6.91. The van der Waals surface area contributed by atoms with Crippen LogP contribution in [0.25, 0.3) is 0 Å². The minimum Gasteiger partial charge on any atom is -0.352 e. The molecule has 0 aliphatic heterocycles. The van der Waals surface area contributed by atoms with Crippen LogP contribution < -0.4 is 16.4 Å². The fourth-order valence-electron chi connectivity index (χ4n) is 2.21. The maximum atomic E-state index is 12.0. The van der Waals surface area contributed by atoms with Crippen LogP contribution in [0.4, 0.5) is 10.5 Å². The Morgan fingerprint density at radius 3 is 2.55 bits per heavy atom. The number of carbonyl (C=O) groups excluding carboxylic acids is 2. The molecule has 2 rings (SSSR count). The van der Waals surface area contributed by atoms with Crippen LogP contribution in [-0.4, -0.2) is 11.9 Å². The van der Waals surface area contributed by atoms with Crippen molar-refractivity contribution in [2.75, 3.05) is 5.32 Å².